The van der Waals surface area contributed by atoms with Crippen molar-refractivity contribution < 1.29 is 4.74 Å². The second kappa shape index (κ2) is 2.97. The number of methoxy groups -OCH3 is 1. The van der Waals surface area contributed by atoms with Gasteiger partial charge in [0.2, 0.25) is 5.22 Å². The summed E-state index contributed by atoms with van der Waals surface area (Å²) in [5, 5.41) is 3.64. The van der Waals surface area contributed by atoms with Gasteiger partial charge in [0.1, 0.15) is 0 Å². The highest BCUT2D eigenvalue weighted by Gasteiger charge is 2.09. The van der Waals surface area contributed by atoms with E-state index in [1.54, 1.807) is 7.11 Å². The maximum absolute atomic E-state index is 5.67. The molecule has 1 fully saturated rings. The van der Waals surface area contributed by atoms with Gasteiger partial charge in [-0.2, -0.15) is 0 Å². The van der Waals surface area contributed by atoms with Gasteiger partial charge < -0.3 is 10.1 Å². The molecule has 0 atom stereocenters. The Labute approximate surface area is 59.8 Å². The van der Waals surface area contributed by atoms with Crippen LogP contribution in [0.1, 0.15) is 12.8 Å². The topological polar surface area (TPSA) is 21.3 Å². The van der Waals surface area contributed by atoms with E-state index in [9.17, 15) is 0 Å². The van der Waals surface area contributed by atoms with Gasteiger partial charge in [0.25, 0.3) is 0 Å². The van der Waals surface area contributed by atoms with E-state index in [1.807, 2.05) is 0 Å². The summed E-state index contributed by atoms with van der Waals surface area (Å²) < 4.78 is 4.82. The Morgan fingerprint density at radius 2 is 2.56 bits per heavy atom. The van der Waals surface area contributed by atoms with Crippen LogP contribution in [0, 0.1) is 0 Å². The molecule has 2 nitrogen and oxygen atoms in total. The highest BCUT2D eigenvalue weighted by Crippen LogP contribution is 2.16. The Balaban J connectivity index is 2.55. The molecule has 0 unspecified atom stereocenters. The van der Waals surface area contributed by atoms with Crippen LogP contribution in [0.25, 0.3) is 0 Å². The summed E-state index contributed by atoms with van der Waals surface area (Å²) in [6.45, 7) is 1.02. The first-order chi connectivity index (χ1) is 4.34. The van der Waals surface area contributed by atoms with Crippen molar-refractivity contribution in [3.63, 3.8) is 0 Å². The van der Waals surface area contributed by atoms with Crippen LogP contribution in [0.15, 0.2) is 10.9 Å². The molecule has 0 saturated carbocycles. The third-order valence-electron chi connectivity index (χ3n) is 1.36. The Bertz CT molecular complexity index is 125. The van der Waals surface area contributed by atoms with Crippen molar-refractivity contribution in [3.8, 4) is 0 Å². The zero-order valence-electron chi connectivity index (χ0n) is 5.41. The van der Waals surface area contributed by atoms with E-state index in [0.717, 1.165) is 25.1 Å². The highest BCUT2D eigenvalue weighted by atomic mass is 35.5. The molecule has 0 spiro atoms. The van der Waals surface area contributed by atoms with Crippen LogP contribution >= 0.6 is 11.6 Å². The molecule has 1 N–H and O–H groups in total. The van der Waals surface area contributed by atoms with Crippen molar-refractivity contribution in [2.75, 3.05) is 13.7 Å². The fourth-order valence-electron chi connectivity index (χ4n) is 0.884. The molecule has 0 radical (unpaired) electrons. The predicted octanol–water partition coefficient (Wildman–Crippen LogP) is 1.42. The van der Waals surface area contributed by atoms with Gasteiger partial charge in [-0.05, 0) is 24.4 Å². The molecule has 0 aromatic heterocycles. The van der Waals surface area contributed by atoms with Crippen molar-refractivity contribution in [2.45, 2.75) is 12.8 Å². The van der Waals surface area contributed by atoms with Crippen LogP contribution in [0.4, 0.5) is 0 Å². The summed E-state index contributed by atoms with van der Waals surface area (Å²) >= 11 is 5.67. The minimum Gasteiger partial charge on any atom is -0.485 e. The highest BCUT2D eigenvalue weighted by molar-refractivity contribution is 6.28. The molecule has 52 valence electrons. The predicted molar refractivity (Wildman–Crippen MR) is 37.1 cm³/mol. The van der Waals surface area contributed by atoms with E-state index in [0.29, 0.717) is 5.22 Å². The molecule has 1 saturated heterocycles. The normalized spacial score (nSPS) is 23.3. The number of halogens is 1. The zero-order chi connectivity index (χ0) is 6.69. The SMILES string of the molecule is CO/C(Cl)=C1\CCCN1. The first-order valence-corrected chi connectivity index (χ1v) is 3.39. The summed E-state index contributed by atoms with van der Waals surface area (Å²) in [6.07, 6.45) is 2.18. The second-order valence-corrected chi connectivity index (χ2v) is 2.33. The fourth-order valence-corrected chi connectivity index (χ4v) is 1.05. The standard InChI is InChI=1S/C6H10ClNO/c1-9-6(7)5-3-2-4-8-5/h8H,2-4H2,1H3/b6-5+. The lowest BCUT2D eigenvalue weighted by atomic mass is 10.3. The molecule has 3 heteroatoms. The van der Waals surface area contributed by atoms with E-state index in [4.69, 9.17) is 16.3 Å². The summed E-state index contributed by atoms with van der Waals surface area (Å²) in [4.78, 5) is 0. The van der Waals surface area contributed by atoms with Crippen molar-refractivity contribution in [1.82, 2.24) is 5.32 Å². The van der Waals surface area contributed by atoms with Crippen molar-refractivity contribution >= 4 is 11.6 Å². The van der Waals surface area contributed by atoms with Gasteiger partial charge in [0.15, 0.2) is 0 Å². The van der Waals surface area contributed by atoms with Gasteiger partial charge >= 0.3 is 0 Å². The zero-order valence-corrected chi connectivity index (χ0v) is 6.16. The quantitative estimate of drug-likeness (QED) is 0.567. The third kappa shape index (κ3) is 1.52. The molecule has 0 aromatic rings. The van der Waals surface area contributed by atoms with Crippen LogP contribution in [0.3, 0.4) is 0 Å². The lowest BCUT2D eigenvalue weighted by Gasteiger charge is -2.00. The summed E-state index contributed by atoms with van der Waals surface area (Å²) in [5.74, 6) is 0. The molecule has 1 aliphatic rings. The molecular formula is C6H10ClNO. The lowest BCUT2D eigenvalue weighted by molar-refractivity contribution is 0.315. The number of rotatable bonds is 1. The van der Waals surface area contributed by atoms with Gasteiger partial charge in [-0.25, -0.2) is 0 Å². The second-order valence-electron chi connectivity index (χ2n) is 1.99. The summed E-state index contributed by atoms with van der Waals surface area (Å²) in [7, 11) is 1.58. The fraction of sp³-hybridized carbons (Fsp3) is 0.667. The molecule has 9 heavy (non-hydrogen) atoms. The molecule has 1 aliphatic heterocycles. The van der Waals surface area contributed by atoms with E-state index < -0.39 is 0 Å². The maximum Gasteiger partial charge on any atom is 0.206 e. The minimum atomic E-state index is 0.507. The number of hydrogen-bond acceptors (Lipinski definition) is 2. The first-order valence-electron chi connectivity index (χ1n) is 3.01. The lowest BCUT2D eigenvalue weighted by Crippen LogP contribution is -2.05. The molecule has 0 bridgehead atoms. The summed E-state index contributed by atoms with van der Waals surface area (Å²) in [6, 6.07) is 0. The van der Waals surface area contributed by atoms with Gasteiger partial charge in [0.05, 0.1) is 12.8 Å². The van der Waals surface area contributed by atoms with Crippen LogP contribution in [-0.2, 0) is 4.74 Å². The average molecular weight is 148 g/mol. The maximum atomic E-state index is 5.67. The molecule has 1 heterocycles. The average Bonchev–Trinajstić information content (AvgIpc) is 2.37. The van der Waals surface area contributed by atoms with E-state index in [2.05, 4.69) is 5.32 Å². The summed E-state index contributed by atoms with van der Waals surface area (Å²) in [5.41, 5.74) is 1.04. The number of nitrogens with one attached hydrogen (secondary N) is 1. The number of allylic oxidation sites excluding steroid dienone is 1. The Morgan fingerprint density at radius 3 is 3.00 bits per heavy atom. The van der Waals surface area contributed by atoms with Gasteiger partial charge in [0, 0.05) is 6.54 Å². The van der Waals surface area contributed by atoms with Crippen molar-refractivity contribution in [1.29, 1.82) is 0 Å². The van der Waals surface area contributed by atoms with E-state index in [1.165, 1.54) is 0 Å². The number of ether oxygens (including phenoxy) is 1. The van der Waals surface area contributed by atoms with Gasteiger partial charge in [-0.15, -0.1) is 0 Å². The Kier molecular flexibility index (Phi) is 2.22. The van der Waals surface area contributed by atoms with Crippen molar-refractivity contribution in [2.24, 2.45) is 0 Å². The minimum absolute atomic E-state index is 0.507. The van der Waals surface area contributed by atoms with Crippen LogP contribution in [-0.4, -0.2) is 13.7 Å². The third-order valence-corrected chi connectivity index (χ3v) is 1.74. The molecule has 0 aromatic carbocycles. The molecular weight excluding hydrogens is 138 g/mol. The van der Waals surface area contributed by atoms with Crippen molar-refractivity contribution in [3.05, 3.63) is 10.9 Å². The monoisotopic (exact) mass is 147 g/mol. The van der Waals surface area contributed by atoms with Gasteiger partial charge in [-0.3, -0.25) is 0 Å². The first kappa shape index (κ1) is 6.75. The van der Waals surface area contributed by atoms with Crippen LogP contribution in [0.2, 0.25) is 0 Å². The van der Waals surface area contributed by atoms with E-state index in [-0.39, 0.29) is 0 Å². The van der Waals surface area contributed by atoms with Crippen LogP contribution < -0.4 is 5.32 Å². The smallest absolute Gasteiger partial charge is 0.206 e. The van der Waals surface area contributed by atoms with E-state index >= 15 is 0 Å². The molecule has 1 rings (SSSR count). The van der Waals surface area contributed by atoms with Crippen LogP contribution in [0.5, 0.6) is 0 Å². The largest absolute Gasteiger partial charge is 0.485 e. The molecule has 0 amide bonds. The number of hydrogen-bond donors (Lipinski definition) is 1. The van der Waals surface area contributed by atoms with Gasteiger partial charge in [-0.1, -0.05) is 0 Å². The Hall–Kier alpha value is -0.370. The Morgan fingerprint density at radius 1 is 1.78 bits per heavy atom. The molecule has 0 aliphatic carbocycles.